The Morgan fingerprint density at radius 2 is 1.83 bits per heavy atom. The smallest absolute Gasteiger partial charge is 0.312 e. The van der Waals surface area contributed by atoms with Crippen LogP contribution in [0.25, 0.3) is 0 Å². The molecule has 0 aromatic heterocycles. The number of hydrogen-bond acceptors (Lipinski definition) is 6. The molecule has 3 rings (SSSR count). The Balaban J connectivity index is 1.71. The quantitative estimate of drug-likeness (QED) is 0.490. The minimum absolute atomic E-state index is 0.0178. The van der Waals surface area contributed by atoms with Crippen molar-refractivity contribution in [1.82, 2.24) is 0 Å². The second-order valence-electron chi connectivity index (χ2n) is 7.01. The first-order valence-corrected chi connectivity index (χ1v) is 9.80. The number of Topliss-reactive ketones (excluding diaryl/α,β-unsaturated/α-hetero) is 1. The maximum Gasteiger partial charge on any atom is 0.312 e. The summed E-state index contributed by atoms with van der Waals surface area (Å²) in [6, 6.07) is 13.8. The fraction of sp³-hybridized carbons (Fsp3) is 0.348. The number of methoxy groups -OCH3 is 2. The first-order chi connectivity index (χ1) is 14.5. The van der Waals surface area contributed by atoms with Gasteiger partial charge in [0.1, 0.15) is 11.5 Å². The number of carbonyl (C=O) groups is 3. The SMILES string of the molecule is CC[C@@H](OC(=O)[C@@H]1CC(=O)N(c2ccc(OC)cc2OC)C1)C(=O)c1ccccc1. The largest absolute Gasteiger partial charge is 0.497 e. The van der Waals surface area contributed by atoms with E-state index in [4.69, 9.17) is 14.2 Å². The monoisotopic (exact) mass is 411 g/mol. The highest BCUT2D eigenvalue weighted by atomic mass is 16.5. The van der Waals surface area contributed by atoms with E-state index in [1.54, 1.807) is 56.5 Å². The Hall–Kier alpha value is -3.35. The number of ether oxygens (including phenoxy) is 3. The normalized spacial score (nSPS) is 16.8. The van der Waals surface area contributed by atoms with Crippen LogP contribution in [0.15, 0.2) is 48.5 Å². The van der Waals surface area contributed by atoms with E-state index in [0.717, 1.165) is 0 Å². The van der Waals surface area contributed by atoms with Crippen molar-refractivity contribution in [1.29, 1.82) is 0 Å². The highest BCUT2D eigenvalue weighted by Gasteiger charge is 2.38. The summed E-state index contributed by atoms with van der Waals surface area (Å²) in [5.41, 5.74) is 1.05. The van der Waals surface area contributed by atoms with Crippen molar-refractivity contribution in [2.24, 2.45) is 5.92 Å². The number of amides is 1. The van der Waals surface area contributed by atoms with Gasteiger partial charge in [-0.05, 0) is 18.6 Å². The highest BCUT2D eigenvalue weighted by molar-refractivity contribution is 6.02. The average Bonchev–Trinajstić information content (AvgIpc) is 3.18. The number of esters is 1. The molecule has 0 radical (unpaired) electrons. The lowest BCUT2D eigenvalue weighted by molar-refractivity contribution is -0.151. The molecule has 0 saturated carbocycles. The van der Waals surface area contributed by atoms with E-state index >= 15 is 0 Å². The Kier molecular flexibility index (Phi) is 6.72. The Labute approximate surface area is 175 Å². The first kappa shape index (κ1) is 21.4. The number of ketones is 1. The standard InChI is InChI=1S/C23H25NO6/c1-4-19(22(26)15-8-6-5-7-9-15)30-23(27)16-12-21(25)24(14-16)18-11-10-17(28-2)13-20(18)29-3/h5-11,13,16,19H,4,12,14H2,1-3H3/t16-,19-/m1/s1. The van der Waals surface area contributed by atoms with Crippen LogP contribution in [0.4, 0.5) is 5.69 Å². The van der Waals surface area contributed by atoms with Crippen molar-refractivity contribution in [2.75, 3.05) is 25.7 Å². The van der Waals surface area contributed by atoms with E-state index in [1.165, 1.54) is 12.0 Å². The number of rotatable bonds is 8. The highest BCUT2D eigenvalue weighted by Crippen LogP contribution is 2.36. The van der Waals surface area contributed by atoms with Gasteiger partial charge < -0.3 is 19.1 Å². The predicted molar refractivity (Wildman–Crippen MR) is 111 cm³/mol. The van der Waals surface area contributed by atoms with Crippen molar-refractivity contribution >= 4 is 23.3 Å². The minimum Gasteiger partial charge on any atom is -0.497 e. The Bertz CT molecular complexity index is 927. The van der Waals surface area contributed by atoms with Crippen molar-refractivity contribution < 1.29 is 28.6 Å². The van der Waals surface area contributed by atoms with E-state index in [9.17, 15) is 14.4 Å². The molecule has 1 amide bonds. The van der Waals surface area contributed by atoms with Gasteiger partial charge in [0.05, 0.1) is 25.8 Å². The molecule has 1 aliphatic rings. The second kappa shape index (κ2) is 9.43. The summed E-state index contributed by atoms with van der Waals surface area (Å²) in [7, 11) is 3.05. The first-order valence-electron chi connectivity index (χ1n) is 9.80. The summed E-state index contributed by atoms with van der Waals surface area (Å²) in [6.07, 6.45) is -0.500. The molecule has 1 heterocycles. The zero-order chi connectivity index (χ0) is 21.7. The molecule has 1 saturated heterocycles. The summed E-state index contributed by atoms with van der Waals surface area (Å²) in [4.78, 5) is 39.5. The van der Waals surface area contributed by atoms with Gasteiger partial charge in [0, 0.05) is 24.6 Å². The fourth-order valence-electron chi connectivity index (χ4n) is 3.45. The zero-order valence-corrected chi connectivity index (χ0v) is 17.3. The van der Waals surface area contributed by atoms with Gasteiger partial charge in [-0.15, -0.1) is 0 Å². The summed E-state index contributed by atoms with van der Waals surface area (Å²) in [5, 5.41) is 0. The molecule has 0 unspecified atom stereocenters. The molecule has 0 bridgehead atoms. The summed E-state index contributed by atoms with van der Waals surface area (Å²) in [5.74, 6) is -0.575. The number of hydrogen-bond donors (Lipinski definition) is 0. The van der Waals surface area contributed by atoms with E-state index in [0.29, 0.717) is 29.2 Å². The maximum absolute atomic E-state index is 12.7. The van der Waals surface area contributed by atoms with E-state index in [1.807, 2.05) is 6.07 Å². The Morgan fingerprint density at radius 1 is 1.10 bits per heavy atom. The van der Waals surface area contributed by atoms with Gasteiger partial charge in [0.2, 0.25) is 11.7 Å². The van der Waals surface area contributed by atoms with Gasteiger partial charge >= 0.3 is 5.97 Å². The van der Waals surface area contributed by atoms with Gasteiger partial charge in [-0.2, -0.15) is 0 Å². The third-order valence-corrected chi connectivity index (χ3v) is 5.12. The molecular weight excluding hydrogens is 386 g/mol. The third-order valence-electron chi connectivity index (χ3n) is 5.12. The van der Waals surface area contributed by atoms with Crippen molar-refractivity contribution in [3.05, 3.63) is 54.1 Å². The number of benzene rings is 2. The molecule has 1 aliphatic heterocycles. The lowest BCUT2D eigenvalue weighted by Gasteiger charge is -2.21. The summed E-state index contributed by atoms with van der Waals surface area (Å²) in [6.45, 7) is 1.95. The molecule has 7 heteroatoms. The van der Waals surface area contributed by atoms with Gasteiger partial charge in [-0.3, -0.25) is 14.4 Å². The van der Waals surface area contributed by atoms with Crippen LogP contribution in [0.5, 0.6) is 11.5 Å². The molecule has 7 nitrogen and oxygen atoms in total. The van der Waals surface area contributed by atoms with Crippen LogP contribution in [0.3, 0.4) is 0 Å². The van der Waals surface area contributed by atoms with Gasteiger partial charge in [0.15, 0.2) is 6.10 Å². The molecule has 2 atom stereocenters. The molecule has 2 aromatic rings. The molecule has 0 N–H and O–H groups in total. The molecule has 1 fully saturated rings. The van der Waals surface area contributed by atoms with Crippen LogP contribution in [0, 0.1) is 5.92 Å². The zero-order valence-electron chi connectivity index (χ0n) is 17.3. The van der Waals surface area contributed by atoms with Crippen molar-refractivity contribution in [2.45, 2.75) is 25.9 Å². The number of nitrogens with zero attached hydrogens (tertiary/aromatic N) is 1. The molecule has 0 aliphatic carbocycles. The topological polar surface area (TPSA) is 82.1 Å². The summed E-state index contributed by atoms with van der Waals surface area (Å²) < 4.78 is 16.1. The number of anilines is 1. The molecular formula is C23H25NO6. The average molecular weight is 411 g/mol. The van der Waals surface area contributed by atoms with Crippen LogP contribution in [0.1, 0.15) is 30.1 Å². The third kappa shape index (κ3) is 4.45. The van der Waals surface area contributed by atoms with E-state index < -0.39 is 18.0 Å². The van der Waals surface area contributed by atoms with Crippen LogP contribution in [-0.2, 0) is 14.3 Å². The van der Waals surface area contributed by atoms with Gasteiger partial charge in [-0.25, -0.2) is 0 Å². The van der Waals surface area contributed by atoms with Crippen LogP contribution < -0.4 is 14.4 Å². The van der Waals surface area contributed by atoms with E-state index in [2.05, 4.69) is 0 Å². The summed E-state index contributed by atoms with van der Waals surface area (Å²) >= 11 is 0. The van der Waals surface area contributed by atoms with Gasteiger partial charge in [0.25, 0.3) is 0 Å². The van der Waals surface area contributed by atoms with Gasteiger partial charge in [-0.1, -0.05) is 37.3 Å². The van der Waals surface area contributed by atoms with Crippen molar-refractivity contribution in [3.63, 3.8) is 0 Å². The minimum atomic E-state index is -0.875. The lowest BCUT2D eigenvalue weighted by atomic mass is 10.0. The van der Waals surface area contributed by atoms with E-state index in [-0.39, 0.29) is 24.7 Å². The van der Waals surface area contributed by atoms with Crippen molar-refractivity contribution in [3.8, 4) is 11.5 Å². The van der Waals surface area contributed by atoms with Crippen LogP contribution in [0.2, 0.25) is 0 Å². The molecule has 30 heavy (non-hydrogen) atoms. The predicted octanol–water partition coefficient (Wildman–Crippen LogP) is 3.26. The Morgan fingerprint density at radius 3 is 2.47 bits per heavy atom. The molecule has 158 valence electrons. The van der Waals surface area contributed by atoms with Crippen LogP contribution >= 0.6 is 0 Å². The molecule has 2 aromatic carbocycles. The lowest BCUT2D eigenvalue weighted by Crippen LogP contribution is -2.31. The fourth-order valence-corrected chi connectivity index (χ4v) is 3.45. The maximum atomic E-state index is 12.7. The molecule has 0 spiro atoms. The number of carbonyl (C=O) groups excluding carboxylic acids is 3. The second-order valence-corrected chi connectivity index (χ2v) is 7.01. The van der Waals surface area contributed by atoms with Crippen LogP contribution in [-0.4, -0.2) is 44.5 Å².